The number of aromatic nitrogens is 1. The topological polar surface area (TPSA) is 97.8 Å². The molecule has 0 saturated carbocycles. The highest BCUT2D eigenvalue weighted by atomic mass is 35.5. The number of likely N-dealkylation sites (tertiary alicyclic amines) is 1. The second-order valence-electron chi connectivity index (χ2n) is 7.75. The lowest BCUT2D eigenvalue weighted by molar-refractivity contribution is -0.145. The summed E-state index contributed by atoms with van der Waals surface area (Å²) in [5.74, 6) is -0.731. The molecule has 180 valence electrons. The lowest BCUT2D eigenvalue weighted by atomic mass is 10.1. The normalized spacial score (nSPS) is 16.5. The van der Waals surface area contributed by atoms with Gasteiger partial charge in [0.2, 0.25) is 0 Å². The summed E-state index contributed by atoms with van der Waals surface area (Å²) in [5, 5.41) is 11.2. The second kappa shape index (κ2) is 10.3. The number of amides is 1. The Labute approximate surface area is 197 Å². The van der Waals surface area contributed by atoms with Gasteiger partial charge >= 0.3 is 6.18 Å². The minimum Gasteiger partial charge on any atom is -0.490 e. The first-order valence-electron chi connectivity index (χ1n) is 10.1. The fourth-order valence-corrected chi connectivity index (χ4v) is 4.07. The molecule has 2 heterocycles. The maximum Gasteiger partial charge on any atom is 0.432 e. The summed E-state index contributed by atoms with van der Waals surface area (Å²) in [6.45, 7) is 0.481. The number of alkyl halides is 3. The van der Waals surface area contributed by atoms with Crippen LogP contribution in [0.25, 0.3) is 0 Å². The molecule has 1 fully saturated rings. The first kappa shape index (κ1) is 25.4. The van der Waals surface area contributed by atoms with Crippen molar-refractivity contribution in [2.45, 2.75) is 37.8 Å². The number of carbonyl (C=O) groups is 1. The Kier molecular flexibility index (Phi) is 7.94. The molecule has 0 unspecified atom stereocenters. The van der Waals surface area contributed by atoms with E-state index in [2.05, 4.69) is 0 Å². The molecule has 1 aliphatic rings. The third-order valence-corrected chi connectivity index (χ3v) is 6.05. The van der Waals surface area contributed by atoms with Gasteiger partial charge < -0.3 is 25.0 Å². The smallest absolute Gasteiger partial charge is 0.432 e. The first-order chi connectivity index (χ1) is 15.5. The highest BCUT2D eigenvalue weighted by molar-refractivity contribution is 6.42. The number of β-amino-alcohol motifs (C(OH)–C–C–N with tert-alkyl or cyclic N) is 1. The Morgan fingerprint density at radius 2 is 1.82 bits per heavy atom. The van der Waals surface area contributed by atoms with Crippen LogP contribution in [0.4, 0.5) is 13.2 Å². The Hall–Kier alpha value is -2.27. The standard InChI is InChI=1S/C21H22Cl2F3N3O4/c22-16-3-1-14(9-17(16)23)33-13-5-7-28(8-6-13)10-12(30)11-29-18(31)4-2-15(20(27)32)19(29)21(24,25)26/h1-4,9,12-13,30H,5-8,10-11H2,(H2,27,32)/t12-/m1/s1. The van der Waals surface area contributed by atoms with Crippen molar-refractivity contribution in [3.8, 4) is 5.75 Å². The maximum absolute atomic E-state index is 13.5. The van der Waals surface area contributed by atoms with E-state index >= 15 is 0 Å². The molecule has 1 saturated heterocycles. The predicted octanol–water partition coefficient (Wildman–Crippen LogP) is 3.18. The Balaban J connectivity index is 1.61. The summed E-state index contributed by atoms with van der Waals surface area (Å²) >= 11 is 11.9. The van der Waals surface area contributed by atoms with Crippen molar-refractivity contribution in [1.29, 1.82) is 0 Å². The van der Waals surface area contributed by atoms with Crippen LogP contribution in [0.3, 0.4) is 0 Å². The molecule has 1 amide bonds. The lowest BCUT2D eigenvalue weighted by Gasteiger charge is -2.33. The van der Waals surface area contributed by atoms with Gasteiger partial charge in [0.25, 0.3) is 11.5 Å². The van der Waals surface area contributed by atoms with Crippen LogP contribution in [0.1, 0.15) is 28.9 Å². The van der Waals surface area contributed by atoms with E-state index in [1.165, 1.54) is 0 Å². The average Bonchev–Trinajstić information content (AvgIpc) is 2.72. The zero-order chi connectivity index (χ0) is 24.3. The second-order valence-corrected chi connectivity index (χ2v) is 8.57. The first-order valence-corrected chi connectivity index (χ1v) is 10.8. The van der Waals surface area contributed by atoms with E-state index in [9.17, 15) is 27.9 Å². The number of piperidine rings is 1. The molecular formula is C21H22Cl2F3N3O4. The van der Waals surface area contributed by atoms with Gasteiger partial charge in [-0.25, -0.2) is 0 Å². The van der Waals surface area contributed by atoms with Crippen molar-refractivity contribution in [3.05, 3.63) is 62.0 Å². The third-order valence-electron chi connectivity index (χ3n) is 5.31. The summed E-state index contributed by atoms with van der Waals surface area (Å²) in [6, 6.07) is 6.54. The zero-order valence-corrected chi connectivity index (χ0v) is 18.8. The number of nitrogens with two attached hydrogens (primary N) is 1. The SMILES string of the molecule is NC(=O)c1ccc(=O)n(C[C@H](O)CN2CCC(Oc3ccc(Cl)c(Cl)c3)CC2)c1C(F)(F)F. The van der Waals surface area contributed by atoms with Crippen LogP contribution in [0.2, 0.25) is 10.0 Å². The van der Waals surface area contributed by atoms with E-state index < -0.39 is 41.5 Å². The molecule has 1 aliphatic heterocycles. The van der Waals surface area contributed by atoms with Gasteiger partial charge in [-0.05, 0) is 31.0 Å². The molecule has 0 spiro atoms. The number of carbonyl (C=O) groups excluding carboxylic acids is 1. The van der Waals surface area contributed by atoms with Gasteiger partial charge in [-0.15, -0.1) is 0 Å². The van der Waals surface area contributed by atoms with Crippen molar-refractivity contribution < 1.29 is 27.8 Å². The van der Waals surface area contributed by atoms with E-state index in [1.54, 1.807) is 18.2 Å². The summed E-state index contributed by atoms with van der Waals surface area (Å²) in [5.41, 5.74) is 1.77. The van der Waals surface area contributed by atoms with Crippen molar-refractivity contribution in [2.75, 3.05) is 19.6 Å². The van der Waals surface area contributed by atoms with Crippen LogP contribution in [-0.2, 0) is 12.7 Å². The molecule has 2 aromatic rings. The van der Waals surface area contributed by atoms with Gasteiger partial charge in [-0.2, -0.15) is 13.2 Å². The minimum absolute atomic E-state index is 0.0457. The number of primary amides is 1. The molecule has 7 nitrogen and oxygen atoms in total. The number of nitrogens with zero attached hydrogens (tertiary/aromatic N) is 2. The molecule has 0 aliphatic carbocycles. The van der Waals surface area contributed by atoms with Gasteiger partial charge in [0.15, 0.2) is 0 Å². The van der Waals surface area contributed by atoms with E-state index in [0.717, 1.165) is 12.1 Å². The fraction of sp³-hybridized carbons (Fsp3) is 0.429. The Morgan fingerprint density at radius 3 is 2.39 bits per heavy atom. The minimum atomic E-state index is -5.00. The molecule has 0 bridgehead atoms. The van der Waals surface area contributed by atoms with Crippen LogP contribution in [0.15, 0.2) is 35.1 Å². The highest BCUT2D eigenvalue weighted by Gasteiger charge is 2.39. The lowest BCUT2D eigenvalue weighted by Crippen LogP contribution is -2.44. The van der Waals surface area contributed by atoms with E-state index in [1.807, 2.05) is 4.90 Å². The van der Waals surface area contributed by atoms with Gasteiger partial charge in [-0.1, -0.05) is 23.2 Å². The monoisotopic (exact) mass is 507 g/mol. The fourth-order valence-electron chi connectivity index (χ4n) is 3.78. The van der Waals surface area contributed by atoms with E-state index in [-0.39, 0.29) is 12.6 Å². The molecule has 1 atom stereocenters. The van der Waals surface area contributed by atoms with Crippen molar-refractivity contribution in [1.82, 2.24) is 9.47 Å². The van der Waals surface area contributed by atoms with Gasteiger partial charge in [0, 0.05) is 31.8 Å². The average molecular weight is 508 g/mol. The summed E-state index contributed by atoms with van der Waals surface area (Å²) < 4.78 is 46.9. The molecule has 1 aromatic carbocycles. The molecule has 0 radical (unpaired) electrons. The molecule has 3 rings (SSSR count). The number of pyridine rings is 1. The number of benzene rings is 1. The van der Waals surface area contributed by atoms with Gasteiger partial charge in [-0.3, -0.25) is 9.59 Å². The number of hydrogen-bond donors (Lipinski definition) is 2. The van der Waals surface area contributed by atoms with Crippen LogP contribution in [0, 0.1) is 0 Å². The van der Waals surface area contributed by atoms with Gasteiger partial charge in [0.05, 0.1) is 28.3 Å². The summed E-state index contributed by atoms with van der Waals surface area (Å²) in [6.07, 6.45) is -5.12. The molecule has 12 heteroatoms. The number of aliphatic hydroxyl groups is 1. The van der Waals surface area contributed by atoms with Crippen molar-refractivity contribution >= 4 is 29.1 Å². The molecular weight excluding hydrogens is 486 g/mol. The quantitative estimate of drug-likeness (QED) is 0.599. The van der Waals surface area contributed by atoms with E-state index in [4.69, 9.17) is 33.7 Å². The van der Waals surface area contributed by atoms with Crippen LogP contribution in [-0.4, -0.2) is 52.3 Å². The summed E-state index contributed by atoms with van der Waals surface area (Å²) in [4.78, 5) is 25.4. The zero-order valence-electron chi connectivity index (χ0n) is 17.3. The molecule has 3 N–H and O–H groups in total. The number of hydrogen-bond acceptors (Lipinski definition) is 5. The molecule has 33 heavy (non-hydrogen) atoms. The number of rotatable bonds is 7. The largest absolute Gasteiger partial charge is 0.490 e. The predicted molar refractivity (Wildman–Crippen MR) is 117 cm³/mol. The summed E-state index contributed by atoms with van der Waals surface area (Å²) in [7, 11) is 0. The van der Waals surface area contributed by atoms with Gasteiger partial charge in [0.1, 0.15) is 17.5 Å². The number of aliphatic hydroxyl groups excluding tert-OH is 1. The maximum atomic E-state index is 13.5. The highest BCUT2D eigenvalue weighted by Crippen LogP contribution is 2.31. The van der Waals surface area contributed by atoms with Crippen LogP contribution >= 0.6 is 23.2 Å². The van der Waals surface area contributed by atoms with Crippen LogP contribution < -0.4 is 16.0 Å². The Bertz CT molecular complexity index is 1070. The van der Waals surface area contributed by atoms with E-state index in [0.29, 0.717) is 46.3 Å². The van der Waals surface area contributed by atoms with Crippen molar-refractivity contribution in [3.63, 3.8) is 0 Å². The number of ether oxygens (including phenoxy) is 1. The third kappa shape index (κ3) is 6.41. The number of halogens is 5. The molecule has 1 aromatic heterocycles. The Morgan fingerprint density at radius 1 is 1.15 bits per heavy atom. The van der Waals surface area contributed by atoms with Crippen molar-refractivity contribution in [2.24, 2.45) is 5.73 Å². The van der Waals surface area contributed by atoms with Crippen LogP contribution in [0.5, 0.6) is 5.75 Å².